The van der Waals surface area contributed by atoms with Crippen molar-refractivity contribution < 1.29 is 4.79 Å². The summed E-state index contributed by atoms with van der Waals surface area (Å²) in [6.45, 7) is 1.31. The molecule has 1 fully saturated rings. The summed E-state index contributed by atoms with van der Waals surface area (Å²) in [4.78, 5) is 15.4. The molecule has 2 nitrogen and oxygen atoms in total. The molecule has 0 saturated carbocycles. The summed E-state index contributed by atoms with van der Waals surface area (Å²) in [6.07, 6.45) is 2.58. The summed E-state index contributed by atoms with van der Waals surface area (Å²) in [5.41, 5.74) is 5.12. The molecule has 0 aliphatic carbocycles. The monoisotopic (exact) mass is 435 g/mol. The van der Waals surface area contributed by atoms with Crippen LogP contribution in [0.1, 0.15) is 28.7 Å². The Labute approximate surface area is 193 Å². The van der Waals surface area contributed by atoms with Gasteiger partial charge in [-0.2, -0.15) is 11.3 Å². The molecule has 0 radical (unpaired) electrons. The summed E-state index contributed by atoms with van der Waals surface area (Å²) in [5, 5.41) is 4.15. The molecular formula is C29H25NOS. The normalized spacial score (nSPS) is 16.4. The van der Waals surface area contributed by atoms with Crippen molar-refractivity contribution in [2.75, 3.05) is 13.1 Å². The Bertz CT molecular complexity index is 1100. The molecule has 32 heavy (non-hydrogen) atoms. The van der Waals surface area contributed by atoms with Gasteiger partial charge in [-0.05, 0) is 45.2 Å². The Morgan fingerprint density at radius 2 is 1.28 bits per heavy atom. The van der Waals surface area contributed by atoms with Crippen LogP contribution in [-0.4, -0.2) is 23.8 Å². The first kappa shape index (κ1) is 20.6. The number of Topliss-reactive ketones (excluding diaryl/α,β-unsaturated/α-hetero) is 1. The summed E-state index contributed by atoms with van der Waals surface area (Å²) >= 11 is 1.66. The minimum atomic E-state index is -0.488. The number of carbonyl (C=O) groups is 1. The van der Waals surface area contributed by atoms with Gasteiger partial charge in [-0.15, -0.1) is 0 Å². The fraction of sp³-hybridized carbons (Fsp3) is 0.138. The fourth-order valence-corrected chi connectivity index (χ4v) is 5.44. The lowest BCUT2D eigenvalue weighted by atomic mass is 9.74. The highest BCUT2D eigenvalue weighted by molar-refractivity contribution is 7.08. The number of piperidine rings is 1. The Kier molecular flexibility index (Phi) is 5.85. The van der Waals surface area contributed by atoms with Crippen LogP contribution in [0.2, 0.25) is 0 Å². The first-order valence-corrected chi connectivity index (χ1v) is 11.9. The van der Waals surface area contributed by atoms with E-state index < -0.39 is 5.54 Å². The van der Waals surface area contributed by atoms with E-state index in [0.717, 1.165) is 11.1 Å². The molecule has 3 heteroatoms. The smallest absolute Gasteiger partial charge is 0.161 e. The molecule has 3 aromatic carbocycles. The van der Waals surface area contributed by atoms with Gasteiger partial charge in [-0.1, -0.05) is 91.0 Å². The van der Waals surface area contributed by atoms with E-state index in [0.29, 0.717) is 19.5 Å². The highest BCUT2D eigenvalue weighted by atomic mass is 32.1. The molecule has 0 amide bonds. The first-order valence-electron chi connectivity index (χ1n) is 11.0. The number of carbonyl (C=O) groups excluding carboxylic acids is 1. The molecule has 158 valence electrons. The Balaban J connectivity index is 1.72. The van der Waals surface area contributed by atoms with E-state index in [2.05, 4.69) is 119 Å². The number of rotatable bonds is 5. The number of hydrogen-bond donors (Lipinski definition) is 0. The van der Waals surface area contributed by atoms with Gasteiger partial charge in [0.15, 0.2) is 5.78 Å². The first-order chi connectivity index (χ1) is 15.8. The summed E-state index contributed by atoms with van der Waals surface area (Å²) in [5.74, 6) is 0.246. The lowest BCUT2D eigenvalue weighted by molar-refractivity contribution is -0.117. The average Bonchev–Trinajstić information content (AvgIpc) is 3.37. The van der Waals surface area contributed by atoms with Gasteiger partial charge in [0.05, 0.1) is 5.54 Å². The van der Waals surface area contributed by atoms with E-state index in [1.807, 2.05) is 0 Å². The topological polar surface area (TPSA) is 20.3 Å². The van der Waals surface area contributed by atoms with Gasteiger partial charge in [0.1, 0.15) is 0 Å². The summed E-state index contributed by atoms with van der Waals surface area (Å²) in [6, 6.07) is 34.1. The third kappa shape index (κ3) is 3.75. The van der Waals surface area contributed by atoms with Gasteiger partial charge in [0.2, 0.25) is 0 Å². The predicted molar refractivity (Wildman–Crippen MR) is 133 cm³/mol. The van der Waals surface area contributed by atoms with Gasteiger partial charge in [-0.25, -0.2) is 0 Å². The highest BCUT2D eigenvalue weighted by Gasteiger charge is 2.44. The van der Waals surface area contributed by atoms with Crippen LogP contribution in [0.25, 0.3) is 6.08 Å². The summed E-state index contributed by atoms with van der Waals surface area (Å²) in [7, 11) is 0. The van der Waals surface area contributed by atoms with Crippen LogP contribution in [-0.2, 0) is 10.3 Å². The molecule has 0 bridgehead atoms. The zero-order valence-electron chi connectivity index (χ0n) is 17.9. The SMILES string of the molecule is O=C1CCN(C(c2ccccc2)(c2ccccc2)c2ccccc2)C/C1=C/c1ccsc1. The lowest BCUT2D eigenvalue weighted by Gasteiger charge is -2.47. The van der Waals surface area contributed by atoms with Crippen molar-refractivity contribution in [2.45, 2.75) is 12.0 Å². The number of ketones is 1. The van der Waals surface area contributed by atoms with Crippen LogP contribution >= 0.6 is 11.3 Å². The highest BCUT2D eigenvalue weighted by Crippen LogP contribution is 2.44. The van der Waals surface area contributed by atoms with E-state index in [4.69, 9.17) is 0 Å². The van der Waals surface area contributed by atoms with Gasteiger partial charge in [0, 0.05) is 25.1 Å². The van der Waals surface area contributed by atoms with Crippen LogP contribution in [0.4, 0.5) is 0 Å². The fourth-order valence-electron chi connectivity index (χ4n) is 4.83. The van der Waals surface area contributed by atoms with Crippen molar-refractivity contribution in [1.82, 2.24) is 4.90 Å². The van der Waals surface area contributed by atoms with Gasteiger partial charge >= 0.3 is 0 Å². The quantitative estimate of drug-likeness (QED) is 0.267. The van der Waals surface area contributed by atoms with E-state index in [1.165, 1.54) is 16.7 Å². The zero-order valence-corrected chi connectivity index (χ0v) is 18.7. The molecule has 2 heterocycles. The molecule has 0 spiro atoms. The van der Waals surface area contributed by atoms with E-state index in [1.54, 1.807) is 11.3 Å². The Hall–Kier alpha value is -3.27. The van der Waals surface area contributed by atoms with Gasteiger partial charge in [0.25, 0.3) is 0 Å². The molecule has 0 unspecified atom stereocenters. The van der Waals surface area contributed by atoms with Crippen LogP contribution in [0, 0.1) is 0 Å². The maximum absolute atomic E-state index is 12.9. The molecule has 5 rings (SSSR count). The number of likely N-dealkylation sites (tertiary alicyclic amines) is 1. The molecule has 0 N–H and O–H groups in total. The zero-order chi connectivity index (χ0) is 21.8. The van der Waals surface area contributed by atoms with Crippen LogP contribution in [0.5, 0.6) is 0 Å². The number of thiophene rings is 1. The van der Waals surface area contributed by atoms with Crippen LogP contribution < -0.4 is 0 Å². The third-order valence-corrected chi connectivity index (χ3v) is 6.96. The van der Waals surface area contributed by atoms with Crippen LogP contribution in [0.15, 0.2) is 113 Å². The molecule has 1 aromatic heterocycles. The van der Waals surface area contributed by atoms with E-state index in [9.17, 15) is 4.79 Å². The number of hydrogen-bond acceptors (Lipinski definition) is 3. The van der Waals surface area contributed by atoms with Crippen molar-refractivity contribution in [3.8, 4) is 0 Å². The molecule has 1 aliphatic rings. The molecule has 0 atom stereocenters. The maximum atomic E-state index is 12.9. The molecule has 1 aliphatic heterocycles. The average molecular weight is 436 g/mol. The van der Waals surface area contributed by atoms with Gasteiger partial charge < -0.3 is 0 Å². The standard InChI is InChI=1S/C29H25NOS/c31-28-16-18-30(21-24(28)20-23-17-19-32-22-23)29(25-10-4-1-5-11-25,26-12-6-2-7-13-26)27-14-8-3-9-15-27/h1-15,17,19-20,22H,16,18,21H2/b24-20-. The second kappa shape index (κ2) is 9.07. The van der Waals surface area contributed by atoms with Crippen molar-refractivity contribution >= 4 is 23.2 Å². The van der Waals surface area contributed by atoms with Crippen molar-refractivity contribution in [3.63, 3.8) is 0 Å². The van der Waals surface area contributed by atoms with Crippen LogP contribution in [0.3, 0.4) is 0 Å². The van der Waals surface area contributed by atoms with Crippen molar-refractivity contribution in [3.05, 3.63) is 136 Å². The second-order valence-electron chi connectivity index (χ2n) is 8.13. The van der Waals surface area contributed by atoms with Gasteiger partial charge in [-0.3, -0.25) is 9.69 Å². The summed E-state index contributed by atoms with van der Waals surface area (Å²) < 4.78 is 0. The third-order valence-electron chi connectivity index (χ3n) is 6.26. The minimum Gasteiger partial charge on any atom is -0.294 e. The molecular weight excluding hydrogens is 410 g/mol. The van der Waals surface area contributed by atoms with E-state index in [-0.39, 0.29) is 5.78 Å². The Morgan fingerprint density at radius 1 is 0.750 bits per heavy atom. The van der Waals surface area contributed by atoms with E-state index >= 15 is 0 Å². The largest absolute Gasteiger partial charge is 0.294 e. The van der Waals surface area contributed by atoms with Crippen molar-refractivity contribution in [2.24, 2.45) is 0 Å². The van der Waals surface area contributed by atoms with Crippen molar-refractivity contribution in [1.29, 1.82) is 0 Å². The second-order valence-corrected chi connectivity index (χ2v) is 8.91. The number of benzene rings is 3. The molecule has 4 aromatic rings. The predicted octanol–water partition coefficient (Wildman–Crippen LogP) is 6.40. The number of nitrogens with zero attached hydrogens (tertiary/aromatic N) is 1. The molecule has 1 saturated heterocycles. The maximum Gasteiger partial charge on any atom is 0.161 e. The minimum absolute atomic E-state index is 0.246. The lowest BCUT2D eigenvalue weighted by Crippen LogP contribution is -2.52. The Morgan fingerprint density at radius 3 is 1.75 bits per heavy atom.